The number of methoxy groups -OCH3 is 2. The largest absolute Gasteiger partial charge is 0.462 e. The number of esters is 2. The molecule has 1 aromatic rings. The minimum absolute atomic E-state index is 0.0116. The molecular formula is C31H46N2O9. The maximum atomic E-state index is 12.8. The number of aryl methyl sites for hydroxylation is 1. The van der Waals surface area contributed by atoms with Gasteiger partial charge in [0.15, 0.2) is 0 Å². The molecule has 2 saturated heterocycles. The van der Waals surface area contributed by atoms with E-state index >= 15 is 0 Å². The third kappa shape index (κ3) is 12.0. The van der Waals surface area contributed by atoms with Gasteiger partial charge in [0, 0.05) is 39.0 Å². The summed E-state index contributed by atoms with van der Waals surface area (Å²) >= 11 is 0. The highest BCUT2D eigenvalue weighted by Gasteiger charge is 2.35. The fourth-order valence-electron chi connectivity index (χ4n) is 5.49. The third-order valence-corrected chi connectivity index (χ3v) is 7.41. The van der Waals surface area contributed by atoms with Gasteiger partial charge in [-0.05, 0) is 44.1 Å². The fraction of sp³-hybridized carbons (Fsp3) is 0.677. The quantitative estimate of drug-likeness (QED) is 0.215. The number of carbonyl (C=O) groups excluding carboxylic acids is 3. The number of hydrogen-bond acceptors (Lipinski definition) is 10. The number of nitrogens with one attached hydrogen (secondary N) is 1. The predicted octanol–water partition coefficient (Wildman–Crippen LogP) is 4.93. The van der Waals surface area contributed by atoms with Crippen LogP contribution in [0.5, 0.6) is 0 Å². The van der Waals surface area contributed by atoms with Crippen LogP contribution in [-0.4, -0.2) is 74.3 Å². The summed E-state index contributed by atoms with van der Waals surface area (Å²) < 4.78 is 33.5. The Morgan fingerprint density at radius 2 is 1.90 bits per heavy atom. The minimum Gasteiger partial charge on any atom is -0.462 e. The lowest BCUT2D eigenvalue weighted by atomic mass is 9.89. The number of aromatic nitrogens is 1. The van der Waals surface area contributed by atoms with Crippen molar-refractivity contribution in [3.05, 3.63) is 36.1 Å². The van der Waals surface area contributed by atoms with E-state index in [1.54, 1.807) is 31.6 Å². The lowest BCUT2D eigenvalue weighted by molar-refractivity contribution is -0.168. The van der Waals surface area contributed by atoms with Gasteiger partial charge >= 0.3 is 18.0 Å². The van der Waals surface area contributed by atoms with Crippen LogP contribution >= 0.6 is 0 Å². The Morgan fingerprint density at radius 1 is 1.10 bits per heavy atom. The highest BCUT2D eigenvalue weighted by molar-refractivity contribution is 5.82. The van der Waals surface area contributed by atoms with E-state index < -0.39 is 12.1 Å². The molecule has 0 spiro atoms. The molecule has 0 aliphatic carbocycles. The number of alkyl carbamates (subject to hydrolysis) is 1. The second-order valence-corrected chi connectivity index (χ2v) is 11.1. The van der Waals surface area contributed by atoms with Gasteiger partial charge in [-0.3, -0.25) is 4.79 Å². The fourth-order valence-corrected chi connectivity index (χ4v) is 5.49. The lowest BCUT2D eigenvalue weighted by Crippen LogP contribution is -2.41. The summed E-state index contributed by atoms with van der Waals surface area (Å²) in [6, 6.07) is 0. The van der Waals surface area contributed by atoms with Crippen molar-refractivity contribution in [1.29, 1.82) is 0 Å². The zero-order valence-electron chi connectivity index (χ0n) is 25.3. The first kappa shape index (κ1) is 33.3. The van der Waals surface area contributed by atoms with E-state index in [0.717, 1.165) is 31.4 Å². The van der Waals surface area contributed by atoms with Crippen LogP contribution in [0.15, 0.2) is 28.9 Å². The SMILES string of the molecule is CCC[C@@H]1C[C@@H](OC)C[C@H](C)C[C@@H]2C[C@H](OC(=O)C=CCCc3coc(C=CCNC(=O)OC)n3)C[C@H](CC(=O)O1)O2. The molecular weight excluding hydrogens is 544 g/mol. The van der Waals surface area contributed by atoms with Gasteiger partial charge in [-0.2, -0.15) is 0 Å². The van der Waals surface area contributed by atoms with Crippen molar-refractivity contribution in [2.45, 2.75) is 109 Å². The molecule has 0 radical (unpaired) electrons. The van der Waals surface area contributed by atoms with Crippen LogP contribution in [0.3, 0.4) is 0 Å². The monoisotopic (exact) mass is 590 g/mol. The molecule has 0 unspecified atom stereocenters. The van der Waals surface area contributed by atoms with Gasteiger partial charge in [-0.25, -0.2) is 14.6 Å². The topological polar surface area (TPSA) is 135 Å². The summed E-state index contributed by atoms with van der Waals surface area (Å²) in [7, 11) is 3.01. The van der Waals surface area contributed by atoms with Crippen molar-refractivity contribution in [3.8, 4) is 0 Å². The molecule has 1 aromatic heterocycles. The number of fused-ring (bicyclic) bond motifs is 2. The molecule has 2 aliphatic rings. The van der Waals surface area contributed by atoms with Crippen LogP contribution in [0.4, 0.5) is 4.79 Å². The number of amides is 1. The number of oxazole rings is 1. The van der Waals surface area contributed by atoms with Gasteiger partial charge in [0.25, 0.3) is 0 Å². The van der Waals surface area contributed by atoms with Crippen LogP contribution in [0.2, 0.25) is 0 Å². The first-order chi connectivity index (χ1) is 20.3. The Kier molecular flexibility index (Phi) is 14.0. The molecule has 11 nitrogen and oxygen atoms in total. The van der Waals surface area contributed by atoms with E-state index in [9.17, 15) is 14.4 Å². The number of rotatable bonds is 11. The molecule has 2 bridgehead atoms. The minimum atomic E-state index is -0.513. The average Bonchev–Trinajstić information content (AvgIpc) is 3.39. The van der Waals surface area contributed by atoms with Crippen molar-refractivity contribution >= 4 is 24.1 Å². The van der Waals surface area contributed by atoms with E-state index in [4.69, 9.17) is 23.4 Å². The molecule has 1 amide bonds. The van der Waals surface area contributed by atoms with Gasteiger partial charge in [-0.1, -0.05) is 32.4 Å². The van der Waals surface area contributed by atoms with Crippen LogP contribution in [0, 0.1) is 5.92 Å². The Morgan fingerprint density at radius 3 is 2.67 bits per heavy atom. The maximum absolute atomic E-state index is 12.8. The van der Waals surface area contributed by atoms with Crippen LogP contribution < -0.4 is 5.32 Å². The normalized spacial score (nSPS) is 27.2. The molecule has 3 rings (SSSR count). The Balaban J connectivity index is 1.49. The van der Waals surface area contributed by atoms with Crippen molar-refractivity contribution in [2.75, 3.05) is 20.8 Å². The predicted molar refractivity (Wildman–Crippen MR) is 154 cm³/mol. The molecule has 1 N–H and O–H groups in total. The van der Waals surface area contributed by atoms with Crippen molar-refractivity contribution in [3.63, 3.8) is 0 Å². The van der Waals surface area contributed by atoms with Crippen LogP contribution in [0.25, 0.3) is 6.08 Å². The van der Waals surface area contributed by atoms with Gasteiger partial charge in [-0.15, -0.1) is 0 Å². The van der Waals surface area contributed by atoms with E-state index in [0.29, 0.717) is 50.5 Å². The Bertz CT molecular complexity index is 1050. The van der Waals surface area contributed by atoms with Gasteiger partial charge in [0.1, 0.15) is 18.5 Å². The molecule has 6 atom stereocenters. The highest BCUT2D eigenvalue weighted by Crippen LogP contribution is 2.31. The molecule has 2 fully saturated rings. The molecule has 11 heteroatoms. The van der Waals surface area contributed by atoms with Gasteiger partial charge in [0.05, 0.1) is 37.5 Å². The van der Waals surface area contributed by atoms with Crippen molar-refractivity contribution < 1.29 is 42.5 Å². The van der Waals surface area contributed by atoms with E-state index in [1.807, 2.05) is 0 Å². The van der Waals surface area contributed by atoms with E-state index in [-0.39, 0.29) is 42.9 Å². The number of allylic oxidation sites excluding steroid dienone is 1. The number of carbonyl (C=O) groups is 3. The zero-order valence-corrected chi connectivity index (χ0v) is 25.3. The first-order valence-corrected chi connectivity index (χ1v) is 15.0. The summed E-state index contributed by atoms with van der Waals surface area (Å²) in [5.41, 5.74) is 0.745. The van der Waals surface area contributed by atoms with Gasteiger partial charge < -0.3 is 33.4 Å². The summed E-state index contributed by atoms with van der Waals surface area (Å²) in [6.07, 6.45) is 13.1. The molecule has 42 heavy (non-hydrogen) atoms. The molecule has 3 heterocycles. The number of nitrogens with zero attached hydrogens (tertiary/aromatic N) is 1. The summed E-state index contributed by atoms with van der Waals surface area (Å²) in [5.74, 6) is 0.0697. The van der Waals surface area contributed by atoms with Crippen molar-refractivity contribution in [2.24, 2.45) is 5.92 Å². The second kappa shape index (κ2) is 17.7. The molecule has 0 aromatic carbocycles. The second-order valence-electron chi connectivity index (χ2n) is 11.1. The number of ether oxygens (including phenoxy) is 5. The molecule has 234 valence electrons. The van der Waals surface area contributed by atoms with Crippen LogP contribution in [0.1, 0.15) is 83.2 Å². The van der Waals surface area contributed by atoms with Gasteiger partial charge in [0.2, 0.25) is 5.89 Å². The van der Waals surface area contributed by atoms with E-state index in [1.165, 1.54) is 13.2 Å². The van der Waals surface area contributed by atoms with Crippen molar-refractivity contribution in [1.82, 2.24) is 10.3 Å². The third-order valence-electron chi connectivity index (χ3n) is 7.41. The Labute approximate surface area is 248 Å². The van der Waals surface area contributed by atoms with Crippen LogP contribution in [-0.2, 0) is 39.7 Å². The highest BCUT2D eigenvalue weighted by atomic mass is 16.6. The average molecular weight is 591 g/mol. The zero-order chi connectivity index (χ0) is 30.3. The number of cyclic esters (lactones) is 1. The smallest absolute Gasteiger partial charge is 0.407 e. The molecule has 2 aliphatic heterocycles. The standard InChI is InChI=1S/C31H46N2O9/c1-5-9-23-16-24(37-3)14-21(2)15-25-17-26(18-27(40-25)19-30(35)41-23)42-29(34)12-7-6-10-22-20-39-28(33-22)11-8-13-32-31(36)38-4/h7-8,11-12,20-21,23-27H,5-6,9-10,13-19H2,1-4H3,(H,32,36)/t21-,23+,24-,25+,26-,27+/m0/s1. The summed E-state index contributed by atoms with van der Waals surface area (Å²) in [4.78, 5) is 40.8. The maximum Gasteiger partial charge on any atom is 0.407 e. The lowest BCUT2D eigenvalue weighted by Gasteiger charge is -2.37. The number of hydrogen-bond donors (Lipinski definition) is 1. The van der Waals surface area contributed by atoms with E-state index in [2.05, 4.69) is 28.9 Å². The first-order valence-electron chi connectivity index (χ1n) is 15.0. The summed E-state index contributed by atoms with van der Waals surface area (Å²) in [6.45, 7) is 4.56. The summed E-state index contributed by atoms with van der Waals surface area (Å²) in [5, 5.41) is 2.53. The Hall–Kier alpha value is -3.18. The molecule has 0 saturated carbocycles.